The Labute approximate surface area is 126 Å². The normalized spacial score (nSPS) is 25.4. The minimum Gasteiger partial charge on any atom is -0.490 e. The van der Waals surface area contributed by atoms with Gasteiger partial charge in [0, 0.05) is 19.5 Å². The number of hydrogen-bond acceptors (Lipinski definition) is 3. The Kier molecular flexibility index (Phi) is 4.44. The molecule has 1 aliphatic heterocycles. The highest BCUT2D eigenvalue weighted by molar-refractivity contribution is 5.79. The van der Waals surface area contributed by atoms with Gasteiger partial charge in [0.25, 0.3) is 0 Å². The summed E-state index contributed by atoms with van der Waals surface area (Å²) in [5.74, 6) is 1.19. The highest BCUT2D eigenvalue weighted by atomic mass is 16.5. The van der Waals surface area contributed by atoms with Gasteiger partial charge in [0.15, 0.2) is 0 Å². The van der Waals surface area contributed by atoms with E-state index in [0.29, 0.717) is 0 Å². The molecule has 0 unspecified atom stereocenters. The van der Waals surface area contributed by atoms with Crippen LogP contribution in [0.3, 0.4) is 0 Å². The topological polar surface area (TPSA) is 41.6 Å². The maximum Gasteiger partial charge on any atom is 0.223 e. The Morgan fingerprint density at radius 1 is 1.24 bits per heavy atom. The summed E-state index contributed by atoms with van der Waals surface area (Å²) in [5.41, 5.74) is 1.35. The van der Waals surface area contributed by atoms with Crippen molar-refractivity contribution in [3.05, 3.63) is 29.8 Å². The average molecular weight is 288 g/mol. The van der Waals surface area contributed by atoms with Crippen LogP contribution in [0.25, 0.3) is 0 Å². The van der Waals surface area contributed by atoms with Crippen LogP contribution in [-0.4, -0.2) is 37.0 Å². The highest BCUT2D eigenvalue weighted by Gasteiger charge is 2.35. The molecule has 1 amide bonds. The zero-order valence-electron chi connectivity index (χ0n) is 12.7. The van der Waals surface area contributed by atoms with E-state index in [0.717, 1.165) is 25.1 Å². The molecule has 1 aromatic carbocycles. The zero-order chi connectivity index (χ0) is 14.7. The fourth-order valence-corrected chi connectivity index (χ4v) is 3.14. The van der Waals surface area contributed by atoms with Crippen LogP contribution in [0.1, 0.15) is 31.2 Å². The summed E-state index contributed by atoms with van der Waals surface area (Å²) in [6.07, 6.45) is 4.51. The second-order valence-electron chi connectivity index (χ2n) is 6.15. The second-order valence-corrected chi connectivity index (χ2v) is 6.15. The average Bonchev–Trinajstić information content (AvgIpc) is 2.96. The first-order valence-corrected chi connectivity index (χ1v) is 7.94. The van der Waals surface area contributed by atoms with Gasteiger partial charge in [0.2, 0.25) is 5.91 Å². The molecule has 1 N–H and O–H groups in total. The van der Waals surface area contributed by atoms with Gasteiger partial charge < -0.3 is 10.1 Å². The summed E-state index contributed by atoms with van der Waals surface area (Å²) in [6.45, 7) is 3.49. The number of carbonyl (C=O) groups excluding carboxylic acids is 1. The van der Waals surface area contributed by atoms with E-state index < -0.39 is 0 Å². The van der Waals surface area contributed by atoms with Crippen LogP contribution in [0.15, 0.2) is 24.3 Å². The number of amides is 1. The van der Waals surface area contributed by atoms with E-state index in [1.807, 2.05) is 0 Å². The first-order chi connectivity index (χ1) is 10.2. The van der Waals surface area contributed by atoms with Gasteiger partial charge >= 0.3 is 0 Å². The van der Waals surface area contributed by atoms with Crippen molar-refractivity contribution in [2.45, 2.75) is 38.3 Å². The van der Waals surface area contributed by atoms with E-state index in [1.165, 1.54) is 31.5 Å². The maximum absolute atomic E-state index is 11.4. The lowest BCUT2D eigenvalue weighted by atomic mass is 9.81. The molecule has 114 valence electrons. The predicted octanol–water partition coefficient (Wildman–Crippen LogP) is 2.19. The molecule has 0 radical (unpaired) electrons. The van der Waals surface area contributed by atoms with Crippen molar-refractivity contribution in [1.29, 1.82) is 0 Å². The second kappa shape index (κ2) is 6.48. The molecule has 2 aliphatic rings. The van der Waals surface area contributed by atoms with Crippen LogP contribution in [-0.2, 0) is 11.3 Å². The molecule has 4 heteroatoms. The molecule has 2 fully saturated rings. The molecule has 1 heterocycles. The Morgan fingerprint density at radius 2 is 1.90 bits per heavy atom. The number of ether oxygens (including phenoxy) is 1. The molecule has 0 spiro atoms. The lowest BCUT2D eigenvalue weighted by molar-refractivity contribution is -0.130. The summed E-state index contributed by atoms with van der Waals surface area (Å²) in [6, 6.07) is 8.42. The smallest absolute Gasteiger partial charge is 0.223 e. The van der Waals surface area contributed by atoms with Gasteiger partial charge in [-0.1, -0.05) is 12.1 Å². The summed E-state index contributed by atoms with van der Waals surface area (Å²) >= 11 is 0. The Balaban J connectivity index is 1.46. The first kappa shape index (κ1) is 14.4. The maximum atomic E-state index is 11.4. The van der Waals surface area contributed by atoms with Crippen molar-refractivity contribution in [1.82, 2.24) is 10.2 Å². The lowest BCUT2D eigenvalue weighted by Gasteiger charge is -2.34. The fourth-order valence-electron chi connectivity index (χ4n) is 3.14. The van der Waals surface area contributed by atoms with Crippen LogP contribution in [0.2, 0.25) is 0 Å². The molecule has 1 saturated carbocycles. The number of nitrogens with one attached hydrogen (secondary N) is 1. The van der Waals surface area contributed by atoms with Crippen LogP contribution in [0.4, 0.5) is 0 Å². The third-order valence-corrected chi connectivity index (χ3v) is 4.54. The zero-order valence-corrected chi connectivity index (χ0v) is 12.7. The molecule has 3 rings (SSSR count). The summed E-state index contributed by atoms with van der Waals surface area (Å²) in [4.78, 5) is 13.9. The Hall–Kier alpha value is -1.55. The fraction of sp³-hybridized carbons (Fsp3) is 0.588. The molecular formula is C17H24N2O2. The molecule has 1 aromatic rings. The first-order valence-electron chi connectivity index (χ1n) is 7.94. The standard InChI is InChI=1S/C17H24N2O2/c1-18-17(20)14-10-16(11-14)21-15-6-4-13(5-7-15)12-19-8-2-3-9-19/h4-7,14,16H,2-3,8-12H2,1H3,(H,18,20). The number of rotatable bonds is 5. The quantitative estimate of drug-likeness (QED) is 0.903. The van der Waals surface area contributed by atoms with Crippen molar-refractivity contribution >= 4 is 5.91 Å². The number of nitrogens with zero attached hydrogens (tertiary/aromatic N) is 1. The van der Waals surface area contributed by atoms with E-state index in [2.05, 4.69) is 34.5 Å². The molecule has 1 aliphatic carbocycles. The van der Waals surface area contributed by atoms with Crippen molar-refractivity contribution in [3.63, 3.8) is 0 Å². The summed E-state index contributed by atoms with van der Waals surface area (Å²) in [7, 11) is 1.69. The highest BCUT2D eigenvalue weighted by Crippen LogP contribution is 2.31. The molecule has 21 heavy (non-hydrogen) atoms. The number of benzene rings is 1. The third kappa shape index (κ3) is 3.56. The minimum absolute atomic E-state index is 0.134. The van der Waals surface area contributed by atoms with Crippen LogP contribution in [0.5, 0.6) is 5.75 Å². The SMILES string of the molecule is CNC(=O)C1CC(Oc2ccc(CN3CCCC3)cc2)C1. The van der Waals surface area contributed by atoms with E-state index in [4.69, 9.17) is 4.74 Å². The molecule has 0 bridgehead atoms. The van der Waals surface area contributed by atoms with Crippen LogP contribution in [0, 0.1) is 5.92 Å². The van der Waals surface area contributed by atoms with Gasteiger partial charge in [-0.3, -0.25) is 9.69 Å². The summed E-state index contributed by atoms with van der Waals surface area (Å²) in [5, 5.41) is 2.69. The lowest BCUT2D eigenvalue weighted by Crippen LogP contribution is -2.42. The number of carbonyl (C=O) groups is 1. The number of likely N-dealkylation sites (tertiary alicyclic amines) is 1. The molecule has 4 nitrogen and oxygen atoms in total. The van der Waals surface area contributed by atoms with Gasteiger partial charge in [0.05, 0.1) is 0 Å². The predicted molar refractivity (Wildman–Crippen MR) is 82.2 cm³/mol. The van der Waals surface area contributed by atoms with Crippen molar-refractivity contribution < 1.29 is 9.53 Å². The molecule has 0 atom stereocenters. The summed E-state index contributed by atoms with van der Waals surface area (Å²) < 4.78 is 5.91. The van der Waals surface area contributed by atoms with Gasteiger partial charge in [-0.15, -0.1) is 0 Å². The van der Waals surface area contributed by atoms with E-state index in [9.17, 15) is 4.79 Å². The van der Waals surface area contributed by atoms with E-state index in [1.54, 1.807) is 7.05 Å². The van der Waals surface area contributed by atoms with Gasteiger partial charge in [-0.2, -0.15) is 0 Å². The van der Waals surface area contributed by atoms with Crippen LogP contribution < -0.4 is 10.1 Å². The third-order valence-electron chi connectivity index (χ3n) is 4.54. The Bertz CT molecular complexity index is 474. The van der Waals surface area contributed by atoms with Crippen molar-refractivity contribution in [3.8, 4) is 5.75 Å². The Morgan fingerprint density at radius 3 is 2.52 bits per heavy atom. The van der Waals surface area contributed by atoms with Gasteiger partial charge in [0.1, 0.15) is 11.9 Å². The molecule has 0 aromatic heterocycles. The molecule has 1 saturated heterocycles. The largest absolute Gasteiger partial charge is 0.490 e. The number of hydrogen-bond donors (Lipinski definition) is 1. The van der Waals surface area contributed by atoms with Gasteiger partial charge in [-0.05, 0) is 56.5 Å². The van der Waals surface area contributed by atoms with Crippen LogP contribution >= 0.6 is 0 Å². The van der Waals surface area contributed by atoms with Crippen molar-refractivity contribution in [2.75, 3.05) is 20.1 Å². The van der Waals surface area contributed by atoms with E-state index >= 15 is 0 Å². The van der Waals surface area contributed by atoms with E-state index in [-0.39, 0.29) is 17.9 Å². The van der Waals surface area contributed by atoms with Crippen molar-refractivity contribution in [2.24, 2.45) is 5.92 Å². The molecular weight excluding hydrogens is 264 g/mol. The minimum atomic E-state index is 0.134. The van der Waals surface area contributed by atoms with Gasteiger partial charge in [-0.25, -0.2) is 0 Å². The monoisotopic (exact) mass is 288 g/mol.